The average Bonchev–Trinajstić information content (AvgIpc) is 3.33. The Kier molecular flexibility index (Phi) is 4.54. The van der Waals surface area contributed by atoms with E-state index in [2.05, 4.69) is 40.5 Å². The third-order valence-corrected chi connectivity index (χ3v) is 6.97. The predicted molar refractivity (Wildman–Crippen MR) is 109 cm³/mol. The largest absolute Gasteiger partial charge is 0.465 e. The lowest BCUT2D eigenvalue weighted by Gasteiger charge is -2.40. The van der Waals surface area contributed by atoms with E-state index in [-0.39, 0.29) is 11.3 Å². The monoisotopic (exact) mass is 378 g/mol. The van der Waals surface area contributed by atoms with Crippen molar-refractivity contribution in [2.75, 3.05) is 13.1 Å². The molecule has 28 heavy (non-hydrogen) atoms. The van der Waals surface area contributed by atoms with E-state index in [0.717, 1.165) is 50.4 Å². The van der Waals surface area contributed by atoms with Crippen LogP contribution in [0.3, 0.4) is 0 Å². The minimum absolute atomic E-state index is 0.241. The van der Waals surface area contributed by atoms with Gasteiger partial charge in [-0.05, 0) is 86.7 Å². The summed E-state index contributed by atoms with van der Waals surface area (Å²) < 4.78 is 5.77. The molecule has 2 fully saturated rings. The van der Waals surface area contributed by atoms with E-state index < -0.39 is 0 Å². The molecule has 0 bridgehead atoms. The first-order chi connectivity index (χ1) is 13.6. The molecule has 1 saturated heterocycles. The van der Waals surface area contributed by atoms with E-state index in [9.17, 15) is 4.79 Å². The van der Waals surface area contributed by atoms with E-state index in [1.807, 2.05) is 13.0 Å². The van der Waals surface area contributed by atoms with Gasteiger partial charge in [0, 0.05) is 12.5 Å². The lowest BCUT2D eigenvalue weighted by molar-refractivity contribution is -0.121. The zero-order chi connectivity index (χ0) is 19.1. The Morgan fingerprint density at radius 1 is 1.18 bits per heavy atom. The van der Waals surface area contributed by atoms with Gasteiger partial charge in [0.1, 0.15) is 11.5 Å². The Bertz CT molecular complexity index is 859. The molecule has 4 nitrogen and oxygen atoms in total. The van der Waals surface area contributed by atoms with Gasteiger partial charge in [-0.25, -0.2) is 0 Å². The van der Waals surface area contributed by atoms with Crippen LogP contribution in [0, 0.1) is 6.92 Å². The summed E-state index contributed by atoms with van der Waals surface area (Å²) in [4.78, 5) is 15.0. The molecule has 1 aliphatic heterocycles. The number of amides is 1. The molecule has 1 aromatic heterocycles. The summed E-state index contributed by atoms with van der Waals surface area (Å²) in [7, 11) is 0. The number of likely N-dealkylation sites (tertiary alicyclic amines) is 1. The van der Waals surface area contributed by atoms with Gasteiger partial charge in [0.05, 0.1) is 6.54 Å². The zero-order valence-corrected chi connectivity index (χ0v) is 16.7. The van der Waals surface area contributed by atoms with Crippen molar-refractivity contribution in [1.29, 1.82) is 0 Å². The third kappa shape index (κ3) is 3.50. The Morgan fingerprint density at radius 2 is 1.96 bits per heavy atom. The number of hydrogen-bond acceptors (Lipinski definition) is 3. The highest BCUT2D eigenvalue weighted by atomic mass is 16.3. The number of nitrogens with one attached hydrogen (secondary N) is 1. The molecule has 1 N–H and O–H groups in total. The molecule has 1 spiro atoms. The number of benzene rings is 1. The average molecular weight is 379 g/mol. The Balaban J connectivity index is 1.28. The minimum atomic E-state index is 0.241. The van der Waals surface area contributed by atoms with Gasteiger partial charge in [0.2, 0.25) is 5.91 Å². The summed E-state index contributed by atoms with van der Waals surface area (Å²) in [6.07, 6.45) is 6.42. The first kappa shape index (κ1) is 18.0. The van der Waals surface area contributed by atoms with Crippen molar-refractivity contribution in [3.63, 3.8) is 0 Å². The molecule has 5 rings (SSSR count). The van der Waals surface area contributed by atoms with Gasteiger partial charge in [-0.1, -0.05) is 24.3 Å². The van der Waals surface area contributed by atoms with Gasteiger partial charge in [-0.3, -0.25) is 9.69 Å². The topological polar surface area (TPSA) is 45.5 Å². The molecule has 1 amide bonds. The smallest absolute Gasteiger partial charge is 0.220 e. The first-order valence-corrected chi connectivity index (χ1v) is 10.8. The minimum Gasteiger partial charge on any atom is -0.465 e. The molecular weight excluding hydrogens is 348 g/mol. The molecule has 1 saturated carbocycles. The zero-order valence-electron chi connectivity index (χ0n) is 16.7. The Hall–Kier alpha value is -2.07. The van der Waals surface area contributed by atoms with Gasteiger partial charge in [0.25, 0.3) is 0 Å². The predicted octanol–water partition coefficient (Wildman–Crippen LogP) is 4.28. The van der Waals surface area contributed by atoms with Crippen LogP contribution in [0.25, 0.3) is 0 Å². The van der Waals surface area contributed by atoms with Crippen molar-refractivity contribution in [3.05, 3.63) is 59.0 Å². The summed E-state index contributed by atoms with van der Waals surface area (Å²) >= 11 is 0. The van der Waals surface area contributed by atoms with Crippen LogP contribution in [0.1, 0.15) is 67.1 Å². The molecule has 0 radical (unpaired) electrons. The number of hydrogen-bond donors (Lipinski definition) is 1. The van der Waals surface area contributed by atoms with Crippen LogP contribution in [-0.4, -0.2) is 29.9 Å². The number of furan rings is 1. The second-order valence-corrected chi connectivity index (χ2v) is 9.10. The molecule has 3 aliphatic rings. The van der Waals surface area contributed by atoms with E-state index in [1.54, 1.807) is 0 Å². The molecule has 0 unspecified atom stereocenters. The second-order valence-electron chi connectivity index (χ2n) is 9.10. The number of rotatable bonds is 5. The Labute approximate surface area is 167 Å². The lowest BCUT2D eigenvalue weighted by Crippen LogP contribution is -2.41. The van der Waals surface area contributed by atoms with Crippen LogP contribution in [0.15, 0.2) is 40.8 Å². The quantitative estimate of drug-likeness (QED) is 0.845. The maximum atomic E-state index is 12.5. The highest BCUT2D eigenvalue weighted by Crippen LogP contribution is 2.52. The van der Waals surface area contributed by atoms with Crippen molar-refractivity contribution in [2.24, 2.45) is 0 Å². The van der Waals surface area contributed by atoms with Crippen molar-refractivity contribution in [1.82, 2.24) is 10.2 Å². The third-order valence-electron chi connectivity index (χ3n) is 6.97. The standard InChI is InChI=1S/C24H30N2O2/c1-17-6-9-20(28-17)16-26-12-10-24(11-13-26)15-18(14-23(27)25-19-7-8-19)21-4-2-3-5-22(21)24/h2-6,9,18-19H,7-8,10-16H2,1H3,(H,25,27)/t18-/m1/s1. The fourth-order valence-electron chi connectivity index (χ4n) is 5.35. The fourth-order valence-corrected chi connectivity index (χ4v) is 5.35. The number of piperidine rings is 1. The van der Waals surface area contributed by atoms with Crippen LogP contribution in [-0.2, 0) is 16.8 Å². The van der Waals surface area contributed by atoms with Crippen LogP contribution in [0.5, 0.6) is 0 Å². The van der Waals surface area contributed by atoms with Gasteiger partial charge in [-0.15, -0.1) is 0 Å². The highest BCUT2D eigenvalue weighted by molar-refractivity contribution is 5.78. The van der Waals surface area contributed by atoms with Crippen molar-refractivity contribution in [3.8, 4) is 0 Å². The summed E-state index contributed by atoms with van der Waals surface area (Å²) in [6, 6.07) is 13.5. The molecule has 1 atom stereocenters. The molecule has 148 valence electrons. The lowest BCUT2D eigenvalue weighted by atomic mass is 9.73. The number of carbonyl (C=O) groups is 1. The fraction of sp³-hybridized carbons (Fsp3) is 0.542. The molecule has 2 aliphatic carbocycles. The van der Waals surface area contributed by atoms with Crippen LogP contribution < -0.4 is 5.32 Å². The van der Waals surface area contributed by atoms with E-state index >= 15 is 0 Å². The number of fused-ring (bicyclic) bond motifs is 2. The molecule has 2 aromatic rings. The van der Waals surface area contributed by atoms with Crippen molar-refractivity contribution in [2.45, 2.75) is 69.4 Å². The second kappa shape index (κ2) is 7.07. The highest BCUT2D eigenvalue weighted by Gasteiger charge is 2.45. The van der Waals surface area contributed by atoms with Crippen LogP contribution in [0.4, 0.5) is 0 Å². The van der Waals surface area contributed by atoms with Crippen LogP contribution in [0.2, 0.25) is 0 Å². The summed E-state index contributed by atoms with van der Waals surface area (Å²) in [6.45, 7) is 5.09. The first-order valence-electron chi connectivity index (χ1n) is 10.8. The molecule has 1 aromatic carbocycles. The van der Waals surface area contributed by atoms with Gasteiger partial charge in [0.15, 0.2) is 0 Å². The van der Waals surface area contributed by atoms with Gasteiger partial charge >= 0.3 is 0 Å². The summed E-state index contributed by atoms with van der Waals surface area (Å²) in [5.74, 6) is 2.66. The van der Waals surface area contributed by atoms with Gasteiger partial charge < -0.3 is 9.73 Å². The van der Waals surface area contributed by atoms with E-state index in [1.165, 1.54) is 24.0 Å². The van der Waals surface area contributed by atoms with Crippen molar-refractivity contribution < 1.29 is 9.21 Å². The summed E-state index contributed by atoms with van der Waals surface area (Å²) in [5, 5.41) is 3.18. The van der Waals surface area contributed by atoms with Gasteiger partial charge in [-0.2, -0.15) is 0 Å². The number of aryl methyl sites for hydroxylation is 1. The maximum absolute atomic E-state index is 12.5. The van der Waals surface area contributed by atoms with E-state index in [4.69, 9.17) is 4.42 Å². The molecule has 2 heterocycles. The van der Waals surface area contributed by atoms with Crippen LogP contribution >= 0.6 is 0 Å². The molecular formula is C24H30N2O2. The van der Waals surface area contributed by atoms with E-state index in [0.29, 0.717) is 18.4 Å². The SMILES string of the molecule is Cc1ccc(CN2CCC3(CC2)C[C@@H](CC(=O)NC2CC2)c2ccccc23)o1. The normalized spacial score (nSPS) is 23.7. The Morgan fingerprint density at radius 3 is 2.68 bits per heavy atom. The maximum Gasteiger partial charge on any atom is 0.220 e. The number of carbonyl (C=O) groups excluding carboxylic acids is 1. The number of nitrogens with zero attached hydrogens (tertiary/aromatic N) is 1. The summed E-state index contributed by atoms with van der Waals surface area (Å²) in [5.41, 5.74) is 3.17. The van der Waals surface area contributed by atoms with Crippen molar-refractivity contribution >= 4 is 5.91 Å². The molecule has 4 heteroatoms.